The molecule has 1 rings (SSSR count). The van der Waals surface area contributed by atoms with Crippen molar-refractivity contribution in [2.45, 2.75) is 38.8 Å². The molecule has 1 N–H and O–H groups in total. The van der Waals surface area contributed by atoms with Crippen LogP contribution in [0.5, 0.6) is 0 Å². The molecular formula is C9H15NO. The van der Waals surface area contributed by atoms with Gasteiger partial charge >= 0.3 is 0 Å². The second kappa shape index (κ2) is 3.18. The molecule has 1 atom stereocenters. The van der Waals surface area contributed by atoms with Gasteiger partial charge in [-0.25, -0.2) is 0 Å². The molecule has 0 aromatic heterocycles. The van der Waals surface area contributed by atoms with Crippen molar-refractivity contribution in [3.63, 3.8) is 0 Å². The zero-order valence-corrected chi connectivity index (χ0v) is 7.18. The van der Waals surface area contributed by atoms with Crippen molar-refractivity contribution >= 4 is 5.78 Å². The van der Waals surface area contributed by atoms with Crippen LogP contribution in [0.1, 0.15) is 26.7 Å². The van der Waals surface area contributed by atoms with E-state index < -0.39 is 0 Å². The fourth-order valence-electron chi connectivity index (χ4n) is 1.05. The number of rotatable bonds is 4. The molecule has 0 amide bonds. The van der Waals surface area contributed by atoms with Gasteiger partial charge in [0.05, 0.1) is 6.04 Å². The van der Waals surface area contributed by atoms with E-state index in [9.17, 15) is 4.79 Å². The molecule has 1 fully saturated rings. The summed E-state index contributed by atoms with van der Waals surface area (Å²) >= 11 is 0. The molecule has 2 nitrogen and oxygen atoms in total. The van der Waals surface area contributed by atoms with E-state index >= 15 is 0 Å². The van der Waals surface area contributed by atoms with Gasteiger partial charge in [0, 0.05) is 6.04 Å². The van der Waals surface area contributed by atoms with Crippen LogP contribution in [0.15, 0.2) is 12.2 Å². The quantitative estimate of drug-likeness (QED) is 0.616. The molecule has 0 aromatic rings. The highest BCUT2D eigenvalue weighted by molar-refractivity contribution is 5.98. The Bertz CT molecular complexity index is 182. The molecular weight excluding hydrogens is 138 g/mol. The summed E-state index contributed by atoms with van der Waals surface area (Å²) in [6.45, 7) is 7.27. The van der Waals surface area contributed by atoms with E-state index in [0.29, 0.717) is 11.6 Å². The molecule has 0 spiro atoms. The van der Waals surface area contributed by atoms with Gasteiger partial charge in [0.15, 0.2) is 5.78 Å². The van der Waals surface area contributed by atoms with E-state index in [0.717, 1.165) is 0 Å². The number of hydrogen-bond acceptors (Lipinski definition) is 2. The normalized spacial score (nSPS) is 19.5. The Morgan fingerprint density at radius 1 is 1.64 bits per heavy atom. The SMILES string of the molecule is C=C(C)C(=O)C(C)NC1CC1. The molecule has 0 aliphatic heterocycles. The summed E-state index contributed by atoms with van der Waals surface area (Å²) in [5.41, 5.74) is 0.644. The van der Waals surface area contributed by atoms with Gasteiger partial charge in [-0.05, 0) is 32.3 Å². The first-order chi connectivity index (χ1) is 5.11. The summed E-state index contributed by atoms with van der Waals surface area (Å²) < 4.78 is 0. The molecule has 0 radical (unpaired) electrons. The Balaban J connectivity index is 2.32. The van der Waals surface area contributed by atoms with Gasteiger partial charge in [0.1, 0.15) is 0 Å². The van der Waals surface area contributed by atoms with E-state index in [1.807, 2.05) is 6.92 Å². The predicted molar refractivity (Wildman–Crippen MR) is 45.4 cm³/mol. The van der Waals surface area contributed by atoms with E-state index in [1.165, 1.54) is 12.8 Å². The molecule has 0 heterocycles. The first kappa shape index (κ1) is 8.47. The average Bonchev–Trinajstić information content (AvgIpc) is 2.69. The third-order valence-corrected chi connectivity index (χ3v) is 1.88. The topological polar surface area (TPSA) is 29.1 Å². The first-order valence-corrected chi connectivity index (χ1v) is 4.07. The van der Waals surface area contributed by atoms with E-state index in [2.05, 4.69) is 11.9 Å². The molecule has 1 saturated carbocycles. The fourth-order valence-corrected chi connectivity index (χ4v) is 1.05. The van der Waals surface area contributed by atoms with Gasteiger partial charge in [0.2, 0.25) is 0 Å². The van der Waals surface area contributed by atoms with Crippen LogP contribution >= 0.6 is 0 Å². The molecule has 0 bridgehead atoms. The van der Waals surface area contributed by atoms with Crippen molar-refractivity contribution in [3.8, 4) is 0 Å². The molecule has 2 heteroatoms. The summed E-state index contributed by atoms with van der Waals surface area (Å²) in [5, 5.41) is 3.22. The first-order valence-electron chi connectivity index (χ1n) is 4.07. The minimum atomic E-state index is -0.0417. The van der Waals surface area contributed by atoms with Crippen LogP contribution in [0.25, 0.3) is 0 Å². The van der Waals surface area contributed by atoms with Gasteiger partial charge in [-0.15, -0.1) is 0 Å². The maximum absolute atomic E-state index is 11.2. The summed E-state index contributed by atoms with van der Waals surface area (Å²) in [7, 11) is 0. The number of Topliss-reactive ketones (excluding diaryl/α,β-unsaturated/α-hetero) is 1. The minimum absolute atomic E-state index is 0.0417. The van der Waals surface area contributed by atoms with Gasteiger partial charge < -0.3 is 5.32 Å². The van der Waals surface area contributed by atoms with Crippen LogP contribution in [-0.4, -0.2) is 17.9 Å². The molecule has 1 aliphatic rings. The second-order valence-electron chi connectivity index (χ2n) is 3.31. The molecule has 1 unspecified atom stereocenters. The predicted octanol–water partition coefficient (Wildman–Crippen LogP) is 1.27. The van der Waals surface area contributed by atoms with Crippen molar-refractivity contribution < 1.29 is 4.79 Å². The summed E-state index contributed by atoms with van der Waals surface area (Å²) in [6, 6.07) is 0.549. The molecule has 0 saturated heterocycles. The van der Waals surface area contributed by atoms with Gasteiger partial charge in [-0.3, -0.25) is 4.79 Å². The lowest BCUT2D eigenvalue weighted by atomic mass is 10.1. The van der Waals surface area contributed by atoms with Crippen LogP contribution in [0.3, 0.4) is 0 Å². The summed E-state index contributed by atoms with van der Waals surface area (Å²) in [6.07, 6.45) is 2.43. The summed E-state index contributed by atoms with van der Waals surface area (Å²) in [4.78, 5) is 11.2. The fraction of sp³-hybridized carbons (Fsp3) is 0.667. The highest BCUT2D eigenvalue weighted by atomic mass is 16.1. The minimum Gasteiger partial charge on any atom is -0.305 e. The maximum atomic E-state index is 11.2. The van der Waals surface area contributed by atoms with Gasteiger partial charge in [0.25, 0.3) is 0 Å². The largest absolute Gasteiger partial charge is 0.305 e. The van der Waals surface area contributed by atoms with Crippen LogP contribution in [0.4, 0.5) is 0 Å². The Hall–Kier alpha value is -0.630. The highest BCUT2D eigenvalue weighted by Gasteiger charge is 2.25. The molecule has 62 valence electrons. The number of carbonyl (C=O) groups excluding carboxylic acids is 1. The Labute approximate surface area is 67.7 Å². The average molecular weight is 153 g/mol. The molecule has 11 heavy (non-hydrogen) atoms. The lowest BCUT2D eigenvalue weighted by Crippen LogP contribution is -2.35. The number of nitrogens with one attached hydrogen (secondary N) is 1. The van der Waals surface area contributed by atoms with E-state index in [4.69, 9.17) is 0 Å². The van der Waals surface area contributed by atoms with Crippen molar-refractivity contribution in [2.75, 3.05) is 0 Å². The Morgan fingerprint density at radius 3 is 2.55 bits per heavy atom. The van der Waals surface area contributed by atoms with Crippen molar-refractivity contribution in [1.29, 1.82) is 0 Å². The smallest absolute Gasteiger partial charge is 0.174 e. The monoisotopic (exact) mass is 153 g/mol. The Kier molecular flexibility index (Phi) is 2.45. The molecule has 1 aliphatic carbocycles. The standard InChI is InChI=1S/C9H15NO/c1-6(2)9(11)7(3)10-8-4-5-8/h7-8,10H,1,4-5H2,2-3H3. The van der Waals surface area contributed by atoms with Crippen LogP contribution < -0.4 is 5.32 Å². The lowest BCUT2D eigenvalue weighted by Gasteiger charge is -2.10. The number of hydrogen-bond donors (Lipinski definition) is 1. The van der Waals surface area contributed by atoms with Crippen molar-refractivity contribution in [3.05, 3.63) is 12.2 Å². The van der Waals surface area contributed by atoms with Gasteiger partial charge in [-0.1, -0.05) is 6.58 Å². The second-order valence-corrected chi connectivity index (χ2v) is 3.31. The van der Waals surface area contributed by atoms with Gasteiger partial charge in [-0.2, -0.15) is 0 Å². The van der Waals surface area contributed by atoms with Crippen molar-refractivity contribution in [2.24, 2.45) is 0 Å². The van der Waals surface area contributed by atoms with Crippen LogP contribution in [0.2, 0.25) is 0 Å². The Morgan fingerprint density at radius 2 is 2.18 bits per heavy atom. The van der Waals surface area contributed by atoms with E-state index in [-0.39, 0.29) is 11.8 Å². The third kappa shape index (κ3) is 2.46. The zero-order chi connectivity index (χ0) is 8.43. The third-order valence-electron chi connectivity index (χ3n) is 1.88. The summed E-state index contributed by atoms with van der Waals surface area (Å²) in [5.74, 6) is 0.136. The number of ketones is 1. The maximum Gasteiger partial charge on any atom is 0.174 e. The molecule has 0 aromatic carbocycles. The highest BCUT2D eigenvalue weighted by Crippen LogP contribution is 2.19. The lowest BCUT2D eigenvalue weighted by molar-refractivity contribution is -0.117. The van der Waals surface area contributed by atoms with Crippen LogP contribution in [0, 0.1) is 0 Å². The van der Waals surface area contributed by atoms with Crippen molar-refractivity contribution in [1.82, 2.24) is 5.32 Å². The number of carbonyl (C=O) groups is 1. The zero-order valence-electron chi connectivity index (χ0n) is 7.18. The van der Waals surface area contributed by atoms with Crippen LogP contribution in [-0.2, 0) is 4.79 Å². The van der Waals surface area contributed by atoms with E-state index in [1.54, 1.807) is 6.92 Å².